The molecule has 3 rings (SSSR count). The number of carboxylic acid groups (broad SMARTS) is 1. The van der Waals surface area contributed by atoms with Crippen molar-refractivity contribution >= 4 is 44.6 Å². The molecule has 0 amide bonds. The SMILES string of the molecule is CBr.O=C(O)c1cccc(Nc2nc3ccccc3[nH]2)c1. The zero-order valence-corrected chi connectivity index (χ0v) is 12.9. The molecule has 0 aliphatic heterocycles. The van der Waals surface area contributed by atoms with Crippen molar-refractivity contribution in [1.29, 1.82) is 0 Å². The fourth-order valence-corrected chi connectivity index (χ4v) is 1.88. The van der Waals surface area contributed by atoms with Gasteiger partial charge in [-0.05, 0) is 36.2 Å². The number of nitrogens with zero attached hydrogens (tertiary/aromatic N) is 1. The Kier molecular flexibility index (Phi) is 4.94. The van der Waals surface area contributed by atoms with Gasteiger partial charge in [-0.15, -0.1) is 0 Å². The average molecular weight is 348 g/mol. The maximum Gasteiger partial charge on any atom is 0.335 e. The molecule has 0 saturated carbocycles. The summed E-state index contributed by atoms with van der Waals surface area (Å²) < 4.78 is 0. The maximum atomic E-state index is 10.9. The number of nitrogens with one attached hydrogen (secondary N) is 2. The van der Waals surface area contributed by atoms with Gasteiger partial charge in [0.05, 0.1) is 16.6 Å². The first kappa shape index (κ1) is 15.1. The van der Waals surface area contributed by atoms with Crippen molar-refractivity contribution in [2.24, 2.45) is 0 Å². The highest BCUT2D eigenvalue weighted by Gasteiger charge is 2.05. The second-order valence-corrected chi connectivity index (χ2v) is 4.11. The summed E-state index contributed by atoms with van der Waals surface area (Å²) >= 11 is 2.94. The fraction of sp³-hybridized carbons (Fsp3) is 0.0667. The molecule has 0 unspecified atom stereocenters. The Balaban J connectivity index is 0.000000774. The second-order valence-electron chi connectivity index (χ2n) is 4.11. The van der Waals surface area contributed by atoms with Gasteiger partial charge in [-0.2, -0.15) is 0 Å². The van der Waals surface area contributed by atoms with Gasteiger partial charge in [-0.25, -0.2) is 9.78 Å². The molecule has 0 saturated heterocycles. The van der Waals surface area contributed by atoms with Crippen LogP contribution in [-0.4, -0.2) is 26.9 Å². The molecular weight excluding hydrogens is 334 g/mol. The lowest BCUT2D eigenvalue weighted by Crippen LogP contribution is -1.98. The molecule has 21 heavy (non-hydrogen) atoms. The Labute approximate surface area is 130 Å². The third-order valence-corrected chi connectivity index (χ3v) is 2.76. The number of alkyl halides is 1. The van der Waals surface area contributed by atoms with E-state index in [9.17, 15) is 4.79 Å². The third-order valence-electron chi connectivity index (χ3n) is 2.76. The van der Waals surface area contributed by atoms with E-state index in [-0.39, 0.29) is 5.56 Å². The number of anilines is 2. The van der Waals surface area contributed by atoms with Crippen molar-refractivity contribution in [3.63, 3.8) is 0 Å². The Morgan fingerprint density at radius 2 is 1.95 bits per heavy atom. The predicted octanol–water partition coefficient (Wildman–Crippen LogP) is 4.02. The van der Waals surface area contributed by atoms with Gasteiger partial charge in [0, 0.05) is 5.69 Å². The van der Waals surface area contributed by atoms with Crippen LogP contribution in [-0.2, 0) is 0 Å². The number of hydrogen-bond acceptors (Lipinski definition) is 3. The van der Waals surface area contributed by atoms with Crippen LogP contribution in [0.5, 0.6) is 0 Å². The van der Waals surface area contributed by atoms with Crippen LogP contribution in [0.3, 0.4) is 0 Å². The predicted molar refractivity (Wildman–Crippen MR) is 87.6 cm³/mol. The average Bonchev–Trinajstić information content (AvgIpc) is 2.91. The minimum atomic E-state index is -0.951. The van der Waals surface area contributed by atoms with E-state index in [4.69, 9.17) is 5.11 Å². The number of halogens is 1. The number of aromatic amines is 1. The number of H-pyrrole nitrogens is 1. The number of aromatic carboxylic acids is 1. The lowest BCUT2D eigenvalue weighted by atomic mass is 10.2. The Bertz CT molecular complexity index is 722. The van der Waals surface area contributed by atoms with Gasteiger partial charge in [0.1, 0.15) is 0 Å². The topological polar surface area (TPSA) is 78.0 Å². The molecule has 108 valence electrons. The van der Waals surface area contributed by atoms with Crippen molar-refractivity contribution in [1.82, 2.24) is 9.97 Å². The molecule has 0 aliphatic rings. The van der Waals surface area contributed by atoms with Gasteiger partial charge in [-0.1, -0.05) is 34.1 Å². The van der Waals surface area contributed by atoms with Crippen LogP contribution in [0.4, 0.5) is 11.6 Å². The van der Waals surface area contributed by atoms with E-state index in [1.807, 2.05) is 30.1 Å². The van der Waals surface area contributed by atoms with Gasteiger partial charge in [0.25, 0.3) is 0 Å². The summed E-state index contributed by atoms with van der Waals surface area (Å²) in [6.45, 7) is 0. The normalized spacial score (nSPS) is 9.81. The quantitative estimate of drug-likeness (QED) is 0.625. The highest BCUT2D eigenvalue weighted by Crippen LogP contribution is 2.18. The highest BCUT2D eigenvalue weighted by molar-refractivity contribution is 9.08. The Morgan fingerprint density at radius 3 is 2.67 bits per heavy atom. The molecule has 1 heterocycles. The van der Waals surface area contributed by atoms with E-state index in [0.717, 1.165) is 11.0 Å². The molecule has 2 aromatic carbocycles. The first-order chi connectivity index (χ1) is 10.2. The van der Waals surface area contributed by atoms with Crippen LogP contribution >= 0.6 is 15.9 Å². The molecule has 0 spiro atoms. The van der Waals surface area contributed by atoms with Crippen molar-refractivity contribution in [3.05, 3.63) is 54.1 Å². The Hall–Kier alpha value is -2.34. The molecule has 0 atom stereocenters. The molecule has 0 radical (unpaired) electrons. The molecule has 5 nitrogen and oxygen atoms in total. The molecule has 0 fully saturated rings. The molecule has 0 aliphatic carbocycles. The first-order valence-electron chi connectivity index (χ1n) is 6.15. The van der Waals surface area contributed by atoms with Crippen molar-refractivity contribution in [2.75, 3.05) is 11.1 Å². The van der Waals surface area contributed by atoms with Crippen LogP contribution in [0.1, 0.15) is 10.4 Å². The zero-order chi connectivity index (χ0) is 15.2. The van der Waals surface area contributed by atoms with Gasteiger partial charge in [-0.3, -0.25) is 0 Å². The van der Waals surface area contributed by atoms with E-state index in [1.54, 1.807) is 24.3 Å². The number of benzene rings is 2. The molecule has 6 heteroatoms. The van der Waals surface area contributed by atoms with E-state index in [0.29, 0.717) is 11.6 Å². The lowest BCUT2D eigenvalue weighted by molar-refractivity contribution is 0.0697. The van der Waals surface area contributed by atoms with Gasteiger partial charge >= 0.3 is 5.97 Å². The third kappa shape index (κ3) is 3.61. The van der Waals surface area contributed by atoms with Crippen molar-refractivity contribution in [3.8, 4) is 0 Å². The van der Waals surface area contributed by atoms with Crippen molar-refractivity contribution < 1.29 is 9.90 Å². The van der Waals surface area contributed by atoms with Crippen LogP contribution in [0, 0.1) is 0 Å². The summed E-state index contributed by atoms with van der Waals surface area (Å²) in [6, 6.07) is 14.3. The van der Waals surface area contributed by atoms with Gasteiger partial charge < -0.3 is 15.4 Å². The number of rotatable bonds is 3. The number of carbonyl (C=O) groups is 1. The molecular formula is C15H14BrN3O2. The van der Waals surface area contributed by atoms with Crippen LogP contribution in [0.2, 0.25) is 0 Å². The summed E-state index contributed by atoms with van der Waals surface area (Å²) in [5.41, 5.74) is 2.71. The number of hydrogen-bond donors (Lipinski definition) is 3. The lowest BCUT2D eigenvalue weighted by Gasteiger charge is -2.03. The number of para-hydroxylation sites is 2. The minimum absolute atomic E-state index is 0.237. The zero-order valence-electron chi connectivity index (χ0n) is 11.3. The van der Waals surface area contributed by atoms with E-state index >= 15 is 0 Å². The second kappa shape index (κ2) is 6.90. The summed E-state index contributed by atoms with van der Waals surface area (Å²) in [4.78, 5) is 18.4. The molecule has 3 aromatic rings. The van der Waals surface area contributed by atoms with E-state index < -0.39 is 5.97 Å². The standard InChI is InChI=1S/C14H11N3O2.CH3Br/c18-13(19)9-4-3-5-10(8-9)15-14-16-11-6-1-2-7-12(11)17-14;1-2/h1-8H,(H,18,19)(H2,15,16,17);1H3. The summed E-state index contributed by atoms with van der Waals surface area (Å²) in [6.07, 6.45) is 0. The molecule has 3 N–H and O–H groups in total. The maximum absolute atomic E-state index is 10.9. The summed E-state index contributed by atoms with van der Waals surface area (Å²) in [7, 11) is 0. The Morgan fingerprint density at radius 1 is 1.19 bits per heavy atom. The van der Waals surface area contributed by atoms with Gasteiger partial charge in [0.2, 0.25) is 5.95 Å². The van der Waals surface area contributed by atoms with E-state index in [1.165, 1.54) is 0 Å². The number of fused-ring (bicyclic) bond motifs is 1. The van der Waals surface area contributed by atoms with Crippen LogP contribution < -0.4 is 5.32 Å². The first-order valence-corrected chi connectivity index (χ1v) is 7.74. The number of carboxylic acids is 1. The van der Waals surface area contributed by atoms with Crippen LogP contribution in [0.25, 0.3) is 11.0 Å². The summed E-state index contributed by atoms with van der Waals surface area (Å²) in [5, 5.41) is 12.0. The number of imidazole rings is 1. The number of aromatic nitrogens is 2. The fourth-order valence-electron chi connectivity index (χ4n) is 1.88. The highest BCUT2D eigenvalue weighted by atomic mass is 79.9. The summed E-state index contributed by atoms with van der Waals surface area (Å²) in [5.74, 6) is 1.45. The largest absolute Gasteiger partial charge is 0.478 e. The monoisotopic (exact) mass is 347 g/mol. The molecule has 0 bridgehead atoms. The van der Waals surface area contributed by atoms with Crippen molar-refractivity contribution in [2.45, 2.75) is 0 Å². The van der Waals surface area contributed by atoms with Gasteiger partial charge in [0.15, 0.2) is 0 Å². The van der Waals surface area contributed by atoms with E-state index in [2.05, 4.69) is 31.2 Å². The smallest absolute Gasteiger partial charge is 0.335 e. The minimum Gasteiger partial charge on any atom is -0.478 e. The molecule has 1 aromatic heterocycles. The van der Waals surface area contributed by atoms with Crippen LogP contribution in [0.15, 0.2) is 48.5 Å².